The van der Waals surface area contributed by atoms with Gasteiger partial charge in [0.1, 0.15) is 11.8 Å². The summed E-state index contributed by atoms with van der Waals surface area (Å²) in [4.78, 5) is 33.2. The van der Waals surface area contributed by atoms with Gasteiger partial charge < -0.3 is 14.5 Å². The molecule has 1 aromatic carbocycles. The molecule has 9 nitrogen and oxygen atoms in total. The summed E-state index contributed by atoms with van der Waals surface area (Å²) in [6, 6.07) is 15.2. The van der Waals surface area contributed by atoms with E-state index < -0.39 is 0 Å². The number of benzene rings is 1. The topological polar surface area (TPSA) is 93.5 Å². The van der Waals surface area contributed by atoms with Gasteiger partial charge in [0.05, 0.1) is 18.8 Å². The fourth-order valence-electron chi connectivity index (χ4n) is 3.96. The number of rotatable bonds is 3. The van der Waals surface area contributed by atoms with E-state index in [1.165, 1.54) is 0 Å². The number of nitrogens with zero attached hydrogens (tertiary/aromatic N) is 6. The number of aromatic nitrogens is 4. The van der Waals surface area contributed by atoms with Gasteiger partial charge in [-0.05, 0) is 17.7 Å². The number of piperazine rings is 1. The minimum Gasteiger partial charge on any atom is -0.365 e. The second-order valence-corrected chi connectivity index (χ2v) is 7.58. The molecule has 158 valence electrons. The second kappa shape index (κ2) is 8.27. The Bertz CT molecular complexity index is 1080. The standard InChI is InChI=1S/C22H22N6O3/c29-21(17-8-4-5-9-23-17)26-10-12-27(13-11-26)22(30)20-18-15-31-19(14-28(18)25-24-20)16-6-2-1-3-7-16/h1-9,19H,10-15H2/t19-/m0/s1. The molecular weight excluding hydrogens is 396 g/mol. The first-order valence-electron chi connectivity index (χ1n) is 10.3. The van der Waals surface area contributed by atoms with Crippen LogP contribution in [-0.2, 0) is 17.9 Å². The van der Waals surface area contributed by atoms with Gasteiger partial charge >= 0.3 is 0 Å². The first-order chi connectivity index (χ1) is 15.2. The third-order valence-electron chi connectivity index (χ3n) is 5.71. The summed E-state index contributed by atoms with van der Waals surface area (Å²) in [6.07, 6.45) is 1.49. The predicted octanol–water partition coefficient (Wildman–Crippen LogP) is 1.54. The molecule has 2 aliphatic rings. The van der Waals surface area contributed by atoms with Gasteiger partial charge in [-0.1, -0.05) is 41.6 Å². The Morgan fingerprint density at radius 3 is 2.32 bits per heavy atom. The van der Waals surface area contributed by atoms with Crippen molar-refractivity contribution in [3.05, 3.63) is 77.4 Å². The molecule has 9 heteroatoms. The van der Waals surface area contributed by atoms with E-state index in [1.54, 1.807) is 38.9 Å². The van der Waals surface area contributed by atoms with Crippen molar-refractivity contribution in [3.63, 3.8) is 0 Å². The van der Waals surface area contributed by atoms with Crippen LogP contribution in [0.4, 0.5) is 0 Å². The number of amides is 2. The summed E-state index contributed by atoms with van der Waals surface area (Å²) in [5.41, 5.74) is 2.52. The maximum atomic E-state index is 13.1. The van der Waals surface area contributed by atoms with Crippen molar-refractivity contribution in [3.8, 4) is 0 Å². The zero-order chi connectivity index (χ0) is 21.2. The van der Waals surface area contributed by atoms with Gasteiger partial charge in [0, 0.05) is 32.4 Å². The van der Waals surface area contributed by atoms with Crippen LogP contribution in [0.15, 0.2) is 54.7 Å². The van der Waals surface area contributed by atoms with E-state index in [1.807, 2.05) is 30.3 Å². The summed E-state index contributed by atoms with van der Waals surface area (Å²) in [5, 5.41) is 8.35. The van der Waals surface area contributed by atoms with Crippen LogP contribution in [-0.4, -0.2) is 67.8 Å². The van der Waals surface area contributed by atoms with Crippen molar-refractivity contribution in [1.82, 2.24) is 29.8 Å². The van der Waals surface area contributed by atoms with Crippen LogP contribution >= 0.6 is 0 Å². The Labute approximate surface area is 179 Å². The number of carbonyl (C=O) groups is 2. The van der Waals surface area contributed by atoms with Gasteiger partial charge in [0.15, 0.2) is 5.69 Å². The van der Waals surface area contributed by atoms with E-state index in [4.69, 9.17) is 4.74 Å². The summed E-state index contributed by atoms with van der Waals surface area (Å²) >= 11 is 0. The summed E-state index contributed by atoms with van der Waals surface area (Å²) in [6.45, 7) is 2.60. The highest BCUT2D eigenvalue weighted by molar-refractivity contribution is 5.94. The molecule has 2 aliphatic heterocycles. The maximum absolute atomic E-state index is 13.1. The monoisotopic (exact) mass is 418 g/mol. The predicted molar refractivity (Wildman–Crippen MR) is 110 cm³/mol. The zero-order valence-electron chi connectivity index (χ0n) is 16.9. The van der Waals surface area contributed by atoms with Gasteiger partial charge in [-0.3, -0.25) is 14.6 Å². The third kappa shape index (κ3) is 3.79. The van der Waals surface area contributed by atoms with E-state index >= 15 is 0 Å². The molecule has 31 heavy (non-hydrogen) atoms. The van der Waals surface area contributed by atoms with Crippen LogP contribution in [0.25, 0.3) is 0 Å². The molecule has 0 aliphatic carbocycles. The van der Waals surface area contributed by atoms with Gasteiger partial charge in [-0.15, -0.1) is 5.10 Å². The number of fused-ring (bicyclic) bond motifs is 1. The molecule has 2 amide bonds. The van der Waals surface area contributed by atoms with Crippen LogP contribution in [0.2, 0.25) is 0 Å². The first-order valence-corrected chi connectivity index (χ1v) is 10.3. The Morgan fingerprint density at radius 1 is 0.903 bits per heavy atom. The first kappa shape index (κ1) is 19.4. The Morgan fingerprint density at radius 2 is 1.61 bits per heavy atom. The highest BCUT2D eigenvalue weighted by Crippen LogP contribution is 2.27. The molecule has 3 aromatic rings. The van der Waals surface area contributed by atoms with Crippen molar-refractivity contribution >= 4 is 11.8 Å². The largest absolute Gasteiger partial charge is 0.365 e. The maximum Gasteiger partial charge on any atom is 0.276 e. The van der Waals surface area contributed by atoms with Crippen molar-refractivity contribution in [2.75, 3.05) is 26.2 Å². The van der Waals surface area contributed by atoms with Gasteiger partial charge in [0.25, 0.3) is 11.8 Å². The van der Waals surface area contributed by atoms with E-state index in [-0.39, 0.29) is 24.5 Å². The molecule has 1 saturated heterocycles. The molecule has 0 spiro atoms. The fourth-order valence-corrected chi connectivity index (χ4v) is 3.96. The average Bonchev–Trinajstić information content (AvgIpc) is 3.27. The molecule has 0 unspecified atom stereocenters. The molecular formula is C22H22N6O3. The number of carbonyl (C=O) groups excluding carboxylic acids is 2. The lowest BCUT2D eigenvalue weighted by Crippen LogP contribution is -2.51. The number of hydrogen-bond acceptors (Lipinski definition) is 6. The van der Waals surface area contributed by atoms with E-state index in [2.05, 4.69) is 15.3 Å². The molecule has 0 N–H and O–H groups in total. The molecule has 5 rings (SSSR count). The van der Waals surface area contributed by atoms with E-state index in [9.17, 15) is 9.59 Å². The number of hydrogen-bond donors (Lipinski definition) is 0. The van der Waals surface area contributed by atoms with Crippen LogP contribution in [0.5, 0.6) is 0 Å². The SMILES string of the molecule is O=C(c1ccccn1)N1CCN(C(=O)c2nnn3c2CO[C@H](c2ccccc2)C3)CC1. The second-order valence-electron chi connectivity index (χ2n) is 7.58. The van der Waals surface area contributed by atoms with Crippen LogP contribution in [0.1, 0.15) is 38.3 Å². The molecule has 1 atom stereocenters. The average molecular weight is 418 g/mol. The Balaban J connectivity index is 1.23. The van der Waals surface area contributed by atoms with E-state index in [0.29, 0.717) is 49.8 Å². The van der Waals surface area contributed by atoms with E-state index in [0.717, 1.165) is 5.56 Å². The number of pyridine rings is 1. The summed E-state index contributed by atoms with van der Waals surface area (Å²) in [7, 11) is 0. The fraction of sp³-hybridized carbons (Fsp3) is 0.318. The third-order valence-corrected chi connectivity index (χ3v) is 5.71. The number of ether oxygens (including phenoxy) is 1. The van der Waals surface area contributed by atoms with Gasteiger partial charge in [-0.2, -0.15) is 0 Å². The Kier molecular flexibility index (Phi) is 5.17. The minimum absolute atomic E-state index is 0.112. The smallest absolute Gasteiger partial charge is 0.276 e. The van der Waals surface area contributed by atoms with Crippen molar-refractivity contribution in [2.24, 2.45) is 0 Å². The van der Waals surface area contributed by atoms with Crippen LogP contribution < -0.4 is 0 Å². The minimum atomic E-state index is -0.173. The lowest BCUT2D eigenvalue weighted by Gasteiger charge is -2.34. The zero-order valence-corrected chi connectivity index (χ0v) is 16.9. The quantitative estimate of drug-likeness (QED) is 0.641. The van der Waals surface area contributed by atoms with Crippen molar-refractivity contribution < 1.29 is 14.3 Å². The highest BCUT2D eigenvalue weighted by Gasteiger charge is 2.32. The molecule has 1 fully saturated rings. The summed E-state index contributed by atoms with van der Waals surface area (Å²) in [5.74, 6) is -0.290. The van der Waals surface area contributed by atoms with Crippen molar-refractivity contribution in [2.45, 2.75) is 19.3 Å². The molecule has 0 bridgehead atoms. The summed E-state index contributed by atoms with van der Waals surface area (Å²) < 4.78 is 7.75. The molecule has 2 aromatic heterocycles. The van der Waals surface area contributed by atoms with Gasteiger partial charge in [-0.25, -0.2) is 4.68 Å². The van der Waals surface area contributed by atoms with Gasteiger partial charge in [0.2, 0.25) is 0 Å². The van der Waals surface area contributed by atoms with Crippen LogP contribution in [0, 0.1) is 0 Å². The Hall–Kier alpha value is -3.59. The molecule has 0 radical (unpaired) electrons. The molecule has 4 heterocycles. The molecule has 0 saturated carbocycles. The highest BCUT2D eigenvalue weighted by atomic mass is 16.5. The van der Waals surface area contributed by atoms with Crippen molar-refractivity contribution in [1.29, 1.82) is 0 Å². The normalized spacial score (nSPS) is 18.5. The lowest BCUT2D eigenvalue weighted by molar-refractivity contribution is -0.00202. The lowest BCUT2D eigenvalue weighted by atomic mass is 10.1. The van der Waals surface area contributed by atoms with Crippen LogP contribution in [0.3, 0.4) is 0 Å².